The van der Waals surface area contributed by atoms with Crippen molar-refractivity contribution in [1.29, 1.82) is 0 Å². The first kappa shape index (κ1) is 52.1. The lowest BCUT2D eigenvalue weighted by atomic mass is 9.65. The Hall–Kier alpha value is -6.87. The molecule has 9 heteroatoms. The molecule has 0 aliphatic heterocycles. The predicted molar refractivity (Wildman–Crippen MR) is 270 cm³/mol. The highest BCUT2D eigenvalue weighted by molar-refractivity contribution is 5.70. The normalized spacial score (nSPS) is 13.9. The number of rotatable bonds is 13. The van der Waals surface area contributed by atoms with E-state index in [9.17, 15) is 14.4 Å². The molecule has 0 saturated heterocycles. The molecule has 7 rings (SSSR count). The first-order valence-electron chi connectivity index (χ1n) is 23.4. The molecule has 6 aromatic carbocycles. The molecule has 1 aliphatic carbocycles. The molecule has 0 amide bonds. The van der Waals surface area contributed by atoms with Gasteiger partial charge in [-0.05, 0) is 138 Å². The van der Waals surface area contributed by atoms with Crippen LogP contribution in [-0.2, 0) is 25.2 Å². The average Bonchev–Trinajstić information content (AvgIpc) is 3.34. The van der Waals surface area contributed by atoms with Crippen molar-refractivity contribution in [1.82, 2.24) is 0 Å². The number of hydrogen-bond acceptors (Lipinski definition) is 9. The molecule has 0 bridgehead atoms. The van der Waals surface area contributed by atoms with Crippen LogP contribution in [0.25, 0.3) is 0 Å². The third kappa shape index (κ3) is 13.4. The monoisotopic (exact) mass is 920 g/mol. The molecule has 0 heterocycles. The van der Waals surface area contributed by atoms with Gasteiger partial charge < -0.3 is 28.4 Å². The quantitative estimate of drug-likeness (QED) is 0.0827. The van der Waals surface area contributed by atoms with E-state index in [1.54, 1.807) is 21.3 Å². The van der Waals surface area contributed by atoms with Gasteiger partial charge in [-0.2, -0.15) is 0 Å². The van der Waals surface area contributed by atoms with Crippen molar-refractivity contribution in [2.24, 2.45) is 0 Å². The Balaban J connectivity index is 0.000000192. The van der Waals surface area contributed by atoms with Crippen molar-refractivity contribution in [3.05, 3.63) is 178 Å². The van der Waals surface area contributed by atoms with E-state index < -0.39 is 0 Å². The lowest BCUT2D eigenvalue weighted by molar-refractivity contribution is -0.132. The third-order valence-corrected chi connectivity index (χ3v) is 13.1. The van der Waals surface area contributed by atoms with Gasteiger partial charge in [0.15, 0.2) is 0 Å². The van der Waals surface area contributed by atoms with E-state index in [-0.39, 0.29) is 34.7 Å². The van der Waals surface area contributed by atoms with Crippen LogP contribution < -0.4 is 28.4 Å². The highest BCUT2D eigenvalue weighted by Crippen LogP contribution is 2.47. The Labute approximate surface area is 403 Å². The molecule has 6 aromatic rings. The zero-order valence-corrected chi connectivity index (χ0v) is 41.7. The van der Waals surface area contributed by atoms with Gasteiger partial charge in [-0.25, -0.2) is 0 Å². The van der Waals surface area contributed by atoms with Gasteiger partial charge >= 0.3 is 17.9 Å². The van der Waals surface area contributed by atoms with Gasteiger partial charge in [-0.15, -0.1) is 0 Å². The molecule has 0 aromatic heterocycles. The zero-order valence-electron chi connectivity index (χ0n) is 41.7. The molecule has 9 nitrogen and oxygen atoms in total. The van der Waals surface area contributed by atoms with Gasteiger partial charge in [0.1, 0.15) is 34.5 Å². The van der Waals surface area contributed by atoms with Gasteiger partial charge in [0.25, 0.3) is 0 Å². The maximum absolute atomic E-state index is 11.3. The SMILES string of the molecule is CCC(C)(c1ccc(OC)cc1)c1ccc(OC(C)=O)cc1.COc1ccc(C(C)c2ccc(OC(C)=O)cc2)cc1.COc1ccc(C2(c3ccc(OC(C)=O)c(C)c3)CCCCC2)cc1C. The first-order chi connectivity index (χ1) is 32.5. The second-order valence-corrected chi connectivity index (χ2v) is 17.6. The number of hydrogen-bond donors (Lipinski definition) is 0. The van der Waals surface area contributed by atoms with Gasteiger partial charge in [-0.3, -0.25) is 14.4 Å². The van der Waals surface area contributed by atoms with Crippen LogP contribution in [0.15, 0.2) is 133 Å². The number of ether oxygens (including phenoxy) is 6. The second kappa shape index (κ2) is 24.2. The Kier molecular flexibility index (Phi) is 18.6. The minimum Gasteiger partial charge on any atom is -0.497 e. The minimum absolute atomic E-state index is 0.0226. The average molecular weight is 921 g/mol. The smallest absolute Gasteiger partial charge is 0.308 e. The first-order valence-corrected chi connectivity index (χ1v) is 23.4. The van der Waals surface area contributed by atoms with E-state index >= 15 is 0 Å². The van der Waals surface area contributed by atoms with Crippen LogP contribution >= 0.6 is 0 Å². The van der Waals surface area contributed by atoms with Crippen LogP contribution in [0.2, 0.25) is 0 Å². The Morgan fingerprint density at radius 1 is 0.515 bits per heavy atom. The van der Waals surface area contributed by atoms with Gasteiger partial charge in [-0.1, -0.05) is 113 Å². The number of esters is 3. The van der Waals surface area contributed by atoms with Crippen LogP contribution in [0.4, 0.5) is 0 Å². The number of aryl methyl sites for hydroxylation is 2. The fraction of sp³-hybridized carbons (Fsp3) is 0.339. The molecule has 0 radical (unpaired) electrons. The topological polar surface area (TPSA) is 107 Å². The van der Waals surface area contributed by atoms with E-state index in [2.05, 4.69) is 82.3 Å². The summed E-state index contributed by atoms with van der Waals surface area (Å²) in [5.74, 6) is 3.82. The van der Waals surface area contributed by atoms with Crippen LogP contribution in [0, 0.1) is 13.8 Å². The van der Waals surface area contributed by atoms with Crippen LogP contribution in [-0.4, -0.2) is 39.2 Å². The standard InChI is InChI=1S/C23H28O3.C19H22O3.C17H18O3/c1-16-14-19(8-10-21(16)25-4)23(12-6-5-7-13-23)20-9-11-22(17(2)15-20)26-18(3)24;1-5-19(3,15-6-10-17(21-4)11-7-15)16-8-12-18(13-9-16)22-14(2)20;1-12(14-4-8-16(19-3)9-5-14)15-6-10-17(11-7-15)20-13(2)18/h8-11,14-15H,5-7,12-13H2,1-4H3;6-13H,5H2,1-4H3;4-12H,1-3H3. The summed E-state index contributed by atoms with van der Waals surface area (Å²) in [6.07, 6.45) is 7.01. The minimum atomic E-state index is -0.305. The summed E-state index contributed by atoms with van der Waals surface area (Å²) in [6, 6.07) is 44.4. The Morgan fingerprint density at radius 3 is 1.26 bits per heavy atom. The molecule has 0 N–H and O–H groups in total. The van der Waals surface area contributed by atoms with E-state index in [0.717, 1.165) is 42.1 Å². The lowest BCUT2D eigenvalue weighted by Crippen LogP contribution is -2.30. The maximum atomic E-state index is 11.3. The molecule has 68 heavy (non-hydrogen) atoms. The fourth-order valence-electron chi connectivity index (χ4n) is 8.96. The summed E-state index contributed by atoms with van der Waals surface area (Å²) < 4.78 is 31.3. The molecule has 1 fully saturated rings. The molecule has 1 aliphatic rings. The zero-order chi connectivity index (χ0) is 49.4. The lowest BCUT2D eigenvalue weighted by Gasteiger charge is -2.39. The van der Waals surface area contributed by atoms with Crippen molar-refractivity contribution < 1.29 is 42.8 Å². The van der Waals surface area contributed by atoms with Gasteiger partial charge in [0.05, 0.1) is 21.3 Å². The van der Waals surface area contributed by atoms with Gasteiger partial charge in [0.2, 0.25) is 0 Å². The van der Waals surface area contributed by atoms with Crippen LogP contribution in [0.1, 0.15) is 130 Å². The number of methoxy groups -OCH3 is 3. The summed E-state index contributed by atoms with van der Waals surface area (Å²) in [5.41, 5.74) is 9.58. The number of benzene rings is 6. The van der Waals surface area contributed by atoms with Crippen molar-refractivity contribution in [2.45, 2.75) is 111 Å². The maximum Gasteiger partial charge on any atom is 0.308 e. The van der Waals surface area contributed by atoms with E-state index in [1.807, 2.05) is 85.8 Å². The summed E-state index contributed by atoms with van der Waals surface area (Å²) in [7, 11) is 5.05. The van der Waals surface area contributed by atoms with Crippen molar-refractivity contribution in [3.8, 4) is 34.5 Å². The predicted octanol–water partition coefficient (Wildman–Crippen LogP) is 13.6. The van der Waals surface area contributed by atoms with Gasteiger partial charge in [0, 0.05) is 37.5 Å². The van der Waals surface area contributed by atoms with Crippen LogP contribution in [0.3, 0.4) is 0 Å². The van der Waals surface area contributed by atoms with Crippen molar-refractivity contribution >= 4 is 17.9 Å². The summed E-state index contributed by atoms with van der Waals surface area (Å²) in [6.45, 7) is 14.9. The van der Waals surface area contributed by atoms with E-state index in [0.29, 0.717) is 17.2 Å². The van der Waals surface area contributed by atoms with E-state index in [1.165, 1.54) is 79.0 Å². The van der Waals surface area contributed by atoms with Crippen molar-refractivity contribution in [3.63, 3.8) is 0 Å². The largest absolute Gasteiger partial charge is 0.497 e. The molecule has 2 unspecified atom stereocenters. The molecule has 2 atom stereocenters. The fourth-order valence-corrected chi connectivity index (χ4v) is 8.96. The molecule has 358 valence electrons. The Bertz CT molecular complexity index is 2570. The highest BCUT2D eigenvalue weighted by atomic mass is 16.5. The third-order valence-electron chi connectivity index (χ3n) is 13.1. The molecule has 1 saturated carbocycles. The van der Waals surface area contributed by atoms with E-state index in [4.69, 9.17) is 28.4 Å². The number of carbonyl (C=O) groups excluding carboxylic acids is 3. The number of carbonyl (C=O) groups is 3. The summed E-state index contributed by atoms with van der Waals surface area (Å²) in [5, 5.41) is 0. The van der Waals surface area contributed by atoms with Crippen molar-refractivity contribution in [2.75, 3.05) is 21.3 Å². The summed E-state index contributed by atoms with van der Waals surface area (Å²) in [4.78, 5) is 33.2. The summed E-state index contributed by atoms with van der Waals surface area (Å²) >= 11 is 0. The molecular weight excluding hydrogens is 853 g/mol. The highest BCUT2D eigenvalue weighted by Gasteiger charge is 2.36. The second-order valence-electron chi connectivity index (χ2n) is 17.6. The Morgan fingerprint density at radius 2 is 0.897 bits per heavy atom. The van der Waals surface area contributed by atoms with Crippen LogP contribution in [0.5, 0.6) is 34.5 Å². The molecule has 0 spiro atoms. The molecular formula is C59H68O9.